The van der Waals surface area contributed by atoms with E-state index >= 15 is 0 Å². The van der Waals surface area contributed by atoms with E-state index in [1.54, 1.807) is 18.4 Å². The summed E-state index contributed by atoms with van der Waals surface area (Å²) in [6.45, 7) is 2.98. The molecule has 0 atom stereocenters. The maximum atomic E-state index is 12.7. The Labute approximate surface area is 162 Å². The van der Waals surface area contributed by atoms with Gasteiger partial charge in [0, 0.05) is 37.8 Å². The molecule has 3 heterocycles. The van der Waals surface area contributed by atoms with Gasteiger partial charge < -0.3 is 14.5 Å². The van der Waals surface area contributed by atoms with Gasteiger partial charge in [0.1, 0.15) is 5.75 Å². The fourth-order valence-electron chi connectivity index (χ4n) is 3.34. The van der Waals surface area contributed by atoms with Crippen molar-refractivity contribution in [2.75, 3.05) is 38.2 Å². The topological polar surface area (TPSA) is 61.5 Å². The number of para-hydroxylation sites is 1. The lowest BCUT2D eigenvalue weighted by molar-refractivity contribution is -0.130. The van der Waals surface area contributed by atoms with Gasteiger partial charge in [0.2, 0.25) is 5.91 Å². The van der Waals surface area contributed by atoms with Crippen LogP contribution >= 0.6 is 11.3 Å². The first-order chi connectivity index (χ1) is 13.2. The number of hydrogen-bond acceptors (Lipinski definition) is 5. The molecule has 27 heavy (non-hydrogen) atoms. The smallest absolute Gasteiger partial charge is 0.227 e. The Morgan fingerprint density at radius 2 is 2.00 bits per heavy atom. The number of carbonyl (C=O) groups is 1. The first-order valence-electron chi connectivity index (χ1n) is 8.98. The maximum absolute atomic E-state index is 12.7. The SMILES string of the molecule is COc1ccccc1CC(=O)N1CCN(c2cc(-c3cccs3)[nH]n2)CC1. The third kappa shape index (κ3) is 3.83. The second-order valence-electron chi connectivity index (χ2n) is 6.47. The van der Waals surface area contributed by atoms with E-state index in [0.717, 1.165) is 35.9 Å². The van der Waals surface area contributed by atoms with Crippen LogP contribution in [0.25, 0.3) is 10.6 Å². The Hall–Kier alpha value is -2.80. The van der Waals surface area contributed by atoms with Crippen LogP contribution in [0.15, 0.2) is 47.8 Å². The molecule has 0 saturated carbocycles. The highest BCUT2D eigenvalue weighted by atomic mass is 32.1. The van der Waals surface area contributed by atoms with Crippen molar-refractivity contribution in [3.05, 3.63) is 53.4 Å². The molecule has 1 aromatic carbocycles. The van der Waals surface area contributed by atoms with Gasteiger partial charge in [-0.3, -0.25) is 9.89 Å². The minimum Gasteiger partial charge on any atom is -0.496 e. The average Bonchev–Trinajstić information content (AvgIpc) is 3.40. The number of methoxy groups -OCH3 is 1. The highest BCUT2D eigenvalue weighted by Gasteiger charge is 2.23. The van der Waals surface area contributed by atoms with Crippen LogP contribution in [0.1, 0.15) is 5.56 Å². The molecule has 7 heteroatoms. The van der Waals surface area contributed by atoms with Crippen molar-refractivity contribution in [3.8, 4) is 16.3 Å². The van der Waals surface area contributed by atoms with Crippen LogP contribution in [-0.2, 0) is 11.2 Å². The normalized spacial score (nSPS) is 14.4. The molecule has 140 valence electrons. The Kier molecular flexibility index (Phi) is 5.11. The lowest BCUT2D eigenvalue weighted by Gasteiger charge is -2.35. The number of H-pyrrole nitrogens is 1. The second kappa shape index (κ2) is 7.84. The number of piperazine rings is 1. The number of carbonyl (C=O) groups excluding carboxylic acids is 1. The quantitative estimate of drug-likeness (QED) is 0.737. The van der Waals surface area contributed by atoms with Crippen molar-refractivity contribution in [1.29, 1.82) is 0 Å². The molecule has 1 N–H and O–H groups in total. The molecular weight excluding hydrogens is 360 g/mol. The van der Waals surface area contributed by atoms with E-state index in [2.05, 4.69) is 32.6 Å². The van der Waals surface area contributed by atoms with Gasteiger partial charge in [0.05, 0.1) is 24.1 Å². The van der Waals surface area contributed by atoms with Gasteiger partial charge in [-0.25, -0.2) is 0 Å². The van der Waals surface area contributed by atoms with Gasteiger partial charge in [-0.1, -0.05) is 24.3 Å². The number of nitrogens with zero attached hydrogens (tertiary/aromatic N) is 3. The summed E-state index contributed by atoms with van der Waals surface area (Å²) in [6.07, 6.45) is 0.370. The summed E-state index contributed by atoms with van der Waals surface area (Å²) in [6, 6.07) is 13.9. The number of amides is 1. The fourth-order valence-corrected chi connectivity index (χ4v) is 4.03. The number of benzene rings is 1. The average molecular weight is 382 g/mol. The second-order valence-corrected chi connectivity index (χ2v) is 7.42. The van der Waals surface area contributed by atoms with E-state index in [-0.39, 0.29) is 5.91 Å². The number of rotatable bonds is 5. The van der Waals surface area contributed by atoms with E-state index < -0.39 is 0 Å². The van der Waals surface area contributed by atoms with Gasteiger partial charge in [0.15, 0.2) is 5.82 Å². The number of hydrogen-bond donors (Lipinski definition) is 1. The molecule has 1 aliphatic heterocycles. The minimum absolute atomic E-state index is 0.139. The van der Waals surface area contributed by atoms with E-state index in [4.69, 9.17) is 4.74 Å². The number of ether oxygens (including phenoxy) is 1. The molecule has 0 bridgehead atoms. The van der Waals surface area contributed by atoms with Crippen LogP contribution in [0, 0.1) is 0 Å². The predicted octanol–water partition coefficient (Wildman–Crippen LogP) is 3.04. The fraction of sp³-hybridized carbons (Fsp3) is 0.300. The van der Waals surface area contributed by atoms with Crippen LogP contribution in [0.4, 0.5) is 5.82 Å². The van der Waals surface area contributed by atoms with E-state index in [1.165, 1.54) is 4.88 Å². The third-order valence-corrected chi connectivity index (χ3v) is 5.74. The zero-order valence-corrected chi connectivity index (χ0v) is 16.0. The largest absolute Gasteiger partial charge is 0.496 e. The molecule has 1 saturated heterocycles. The van der Waals surface area contributed by atoms with Crippen LogP contribution in [0.5, 0.6) is 5.75 Å². The van der Waals surface area contributed by atoms with E-state index in [1.807, 2.05) is 35.2 Å². The summed E-state index contributed by atoms with van der Waals surface area (Å²) in [7, 11) is 1.64. The Balaban J connectivity index is 1.35. The monoisotopic (exact) mass is 382 g/mol. The van der Waals surface area contributed by atoms with Crippen molar-refractivity contribution < 1.29 is 9.53 Å². The molecule has 3 aromatic rings. The molecule has 1 fully saturated rings. The Morgan fingerprint density at radius 3 is 2.74 bits per heavy atom. The molecule has 1 aliphatic rings. The van der Waals surface area contributed by atoms with Crippen molar-refractivity contribution in [2.45, 2.75) is 6.42 Å². The lowest BCUT2D eigenvalue weighted by atomic mass is 10.1. The Morgan fingerprint density at radius 1 is 1.19 bits per heavy atom. The molecule has 0 aliphatic carbocycles. The molecule has 1 amide bonds. The number of anilines is 1. The molecule has 0 unspecified atom stereocenters. The highest BCUT2D eigenvalue weighted by Crippen LogP contribution is 2.26. The predicted molar refractivity (Wildman–Crippen MR) is 107 cm³/mol. The van der Waals surface area contributed by atoms with Gasteiger partial charge in [-0.15, -0.1) is 11.3 Å². The summed E-state index contributed by atoms with van der Waals surface area (Å²) in [5, 5.41) is 9.61. The summed E-state index contributed by atoms with van der Waals surface area (Å²) in [4.78, 5) is 18.0. The maximum Gasteiger partial charge on any atom is 0.227 e. The van der Waals surface area contributed by atoms with Crippen LogP contribution in [-0.4, -0.2) is 54.3 Å². The third-order valence-electron chi connectivity index (χ3n) is 4.84. The van der Waals surface area contributed by atoms with Crippen LogP contribution < -0.4 is 9.64 Å². The molecular formula is C20H22N4O2S. The molecule has 0 radical (unpaired) electrons. The van der Waals surface area contributed by atoms with Gasteiger partial charge in [-0.2, -0.15) is 5.10 Å². The van der Waals surface area contributed by atoms with E-state index in [0.29, 0.717) is 19.5 Å². The van der Waals surface area contributed by atoms with Crippen molar-refractivity contribution in [3.63, 3.8) is 0 Å². The minimum atomic E-state index is 0.139. The van der Waals surface area contributed by atoms with Crippen molar-refractivity contribution >= 4 is 23.1 Å². The summed E-state index contributed by atoms with van der Waals surface area (Å²) >= 11 is 1.69. The number of thiophene rings is 1. The lowest BCUT2D eigenvalue weighted by Crippen LogP contribution is -2.49. The van der Waals surface area contributed by atoms with Crippen LogP contribution in [0.2, 0.25) is 0 Å². The van der Waals surface area contributed by atoms with Gasteiger partial charge in [0.25, 0.3) is 0 Å². The van der Waals surface area contributed by atoms with E-state index in [9.17, 15) is 4.79 Å². The number of aromatic nitrogens is 2. The summed E-state index contributed by atoms with van der Waals surface area (Å²) in [5.41, 5.74) is 1.97. The first-order valence-corrected chi connectivity index (χ1v) is 9.86. The Bertz CT molecular complexity index is 898. The van der Waals surface area contributed by atoms with Gasteiger partial charge >= 0.3 is 0 Å². The molecule has 6 nitrogen and oxygen atoms in total. The molecule has 0 spiro atoms. The van der Waals surface area contributed by atoms with Crippen molar-refractivity contribution in [2.24, 2.45) is 0 Å². The summed E-state index contributed by atoms with van der Waals surface area (Å²) in [5.74, 6) is 1.85. The van der Waals surface area contributed by atoms with Crippen molar-refractivity contribution in [1.82, 2.24) is 15.1 Å². The zero-order chi connectivity index (χ0) is 18.6. The zero-order valence-electron chi connectivity index (χ0n) is 15.2. The molecule has 2 aromatic heterocycles. The standard InChI is InChI=1S/C20H22N4O2S/c1-26-17-6-3-2-5-15(17)13-20(25)24-10-8-23(9-11-24)19-14-16(21-22-19)18-7-4-12-27-18/h2-7,12,14H,8-11,13H2,1H3,(H,21,22). The summed E-state index contributed by atoms with van der Waals surface area (Å²) < 4.78 is 5.35. The first kappa shape index (κ1) is 17.6. The van der Waals surface area contributed by atoms with Crippen LogP contribution in [0.3, 0.4) is 0 Å². The number of nitrogens with one attached hydrogen (secondary N) is 1. The van der Waals surface area contributed by atoms with Gasteiger partial charge in [-0.05, 0) is 17.5 Å². The number of aromatic amines is 1. The highest BCUT2D eigenvalue weighted by molar-refractivity contribution is 7.13. The molecule has 4 rings (SSSR count).